The van der Waals surface area contributed by atoms with Gasteiger partial charge in [-0.3, -0.25) is 4.79 Å². The number of hydrogen-bond acceptors (Lipinski definition) is 6. The largest absolute Gasteiger partial charge is 0.450 e. The van der Waals surface area contributed by atoms with E-state index in [1.807, 2.05) is 5.38 Å². The van der Waals surface area contributed by atoms with Crippen LogP contribution in [0.1, 0.15) is 25.5 Å². The van der Waals surface area contributed by atoms with Crippen molar-refractivity contribution in [2.45, 2.75) is 32.2 Å². The van der Waals surface area contributed by atoms with Crippen molar-refractivity contribution in [1.29, 1.82) is 0 Å². The molecule has 1 aromatic heterocycles. The molecule has 7 nitrogen and oxygen atoms in total. The summed E-state index contributed by atoms with van der Waals surface area (Å²) in [5.41, 5.74) is 0.774. The Labute approximate surface area is 134 Å². The molecule has 1 fully saturated rings. The monoisotopic (exact) mass is 326 g/mol. The third-order valence-corrected chi connectivity index (χ3v) is 4.40. The Morgan fingerprint density at radius 1 is 1.45 bits per heavy atom. The lowest BCUT2D eigenvalue weighted by Crippen LogP contribution is -2.47. The van der Waals surface area contributed by atoms with Crippen LogP contribution in [-0.4, -0.2) is 54.7 Å². The van der Waals surface area contributed by atoms with Crippen LogP contribution in [0.4, 0.5) is 9.93 Å². The fourth-order valence-corrected chi connectivity index (χ4v) is 3.04. The van der Waals surface area contributed by atoms with E-state index in [2.05, 4.69) is 15.6 Å². The Kier molecular flexibility index (Phi) is 6.00. The van der Waals surface area contributed by atoms with Crippen LogP contribution in [-0.2, 0) is 16.0 Å². The van der Waals surface area contributed by atoms with E-state index in [0.29, 0.717) is 19.7 Å². The van der Waals surface area contributed by atoms with Crippen molar-refractivity contribution >= 4 is 28.5 Å². The van der Waals surface area contributed by atoms with Crippen molar-refractivity contribution < 1.29 is 14.3 Å². The average Bonchev–Trinajstić information content (AvgIpc) is 2.95. The van der Waals surface area contributed by atoms with Crippen LogP contribution < -0.4 is 10.6 Å². The van der Waals surface area contributed by atoms with Crippen molar-refractivity contribution in [3.8, 4) is 0 Å². The number of nitrogens with one attached hydrogen (secondary N) is 2. The normalized spacial score (nSPS) is 15.5. The summed E-state index contributed by atoms with van der Waals surface area (Å²) in [5.74, 6) is -0.0254. The number of ether oxygens (including phenoxy) is 1. The molecule has 0 bridgehead atoms. The van der Waals surface area contributed by atoms with Gasteiger partial charge in [-0.1, -0.05) is 0 Å². The maximum atomic E-state index is 12.0. The van der Waals surface area contributed by atoms with E-state index in [1.165, 1.54) is 11.3 Å². The number of anilines is 1. The molecule has 0 aliphatic carbocycles. The Hall–Kier alpha value is -1.83. The zero-order valence-corrected chi connectivity index (χ0v) is 13.7. The van der Waals surface area contributed by atoms with Gasteiger partial charge in [0.05, 0.1) is 18.7 Å². The molecule has 1 saturated heterocycles. The third-order valence-electron chi connectivity index (χ3n) is 3.49. The lowest BCUT2D eigenvalue weighted by Gasteiger charge is -2.31. The zero-order valence-electron chi connectivity index (χ0n) is 12.9. The Bertz CT molecular complexity index is 512. The number of nitrogens with zero attached hydrogens (tertiary/aromatic N) is 2. The highest BCUT2D eigenvalue weighted by molar-refractivity contribution is 7.13. The fourth-order valence-electron chi connectivity index (χ4n) is 2.37. The van der Waals surface area contributed by atoms with Gasteiger partial charge in [-0.05, 0) is 19.8 Å². The van der Waals surface area contributed by atoms with E-state index in [4.69, 9.17) is 4.74 Å². The van der Waals surface area contributed by atoms with E-state index in [-0.39, 0.29) is 24.5 Å². The minimum atomic E-state index is -0.269. The third kappa shape index (κ3) is 4.59. The van der Waals surface area contributed by atoms with Crippen molar-refractivity contribution in [3.63, 3.8) is 0 Å². The summed E-state index contributed by atoms with van der Waals surface area (Å²) in [6, 6.07) is 0.112. The van der Waals surface area contributed by atoms with Crippen molar-refractivity contribution in [2.75, 3.05) is 32.1 Å². The Morgan fingerprint density at radius 3 is 2.77 bits per heavy atom. The van der Waals surface area contributed by atoms with Crippen LogP contribution in [0.3, 0.4) is 0 Å². The number of carbonyl (C=O) groups excluding carboxylic acids is 2. The summed E-state index contributed by atoms with van der Waals surface area (Å²) in [6.07, 6.45) is 1.53. The van der Waals surface area contributed by atoms with E-state index >= 15 is 0 Å². The van der Waals surface area contributed by atoms with Gasteiger partial charge in [-0.25, -0.2) is 9.78 Å². The van der Waals surface area contributed by atoms with Crippen molar-refractivity contribution in [3.05, 3.63) is 11.1 Å². The minimum Gasteiger partial charge on any atom is -0.450 e. The molecular formula is C14H22N4O3S. The minimum absolute atomic E-state index is 0.0254. The van der Waals surface area contributed by atoms with Crippen molar-refractivity contribution in [1.82, 2.24) is 15.2 Å². The molecule has 2 heterocycles. The molecule has 22 heavy (non-hydrogen) atoms. The van der Waals surface area contributed by atoms with Gasteiger partial charge in [-0.15, -0.1) is 11.3 Å². The number of thiazole rings is 1. The highest BCUT2D eigenvalue weighted by atomic mass is 32.1. The maximum absolute atomic E-state index is 12.0. The zero-order chi connectivity index (χ0) is 15.9. The summed E-state index contributed by atoms with van der Waals surface area (Å²) in [5, 5.41) is 8.66. The highest BCUT2D eigenvalue weighted by Gasteiger charge is 2.24. The fraction of sp³-hybridized carbons (Fsp3) is 0.643. The van der Waals surface area contributed by atoms with Crippen molar-refractivity contribution in [2.24, 2.45) is 0 Å². The smallest absolute Gasteiger partial charge is 0.409 e. The number of rotatable bonds is 5. The second-order valence-corrected chi connectivity index (χ2v) is 5.96. The maximum Gasteiger partial charge on any atom is 0.409 e. The molecule has 1 aliphatic rings. The van der Waals surface area contributed by atoms with Crippen LogP contribution >= 0.6 is 11.3 Å². The second-order valence-electron chi connectivity index (χ2n) is 5.10. The second kappa shape index (κ2) is 7.98. The number of amides is 2. The van der Waals surface area contributed by atoms with Crippen LogP contribution in [0, 0.1) is 0 Å². The standard InChI is InChI=1S/C14H22N4O3S/c1-3-21-14(20)18-6-4-10(5-7-18)16-12(19)8-11-9-22-13(15-2)17-11/h9-10H,3-8H2,1-2H3,(H,15,17)(H,16,19). The Balaban J connectivity index is 1.73. The first-order valence-electron chi connectivity index (χ1n) is 7.45. The SMILES string of the molecule is CCOC(=O)N1CCC(NC(=O)Cc2csc(NC)n2)CC1. The topological polar surface area (TPSA) is 83.6 Å². The molecule has 2 N–H and O–H groups in total. The molecular weight excluding hydrogens is 304 g/mol. The van der Waals surface area contributed by atoms with Gasteiger partial charge in [0, 0.05) is 31.6 Å². The number of carbonyl (C=O) groups is 2. The van der Waals surface area contributed by atoms with Crippen LogP contribution in [0.2, 0.25) is 0 Å². The molecule has 8 heteroatoms. The van der Waals surface area contributed by atoms with E-state index in [0.717, 1.165) is 23.7 Å². The van der Waals surface area contributed by atoms with Gasteiger partial charge >= 0.3 is 6.09 Å². The summed E-state index contributed by atoms with van der Waals surface area (Å²) in [4.78, 5) is 29.6. The first kappa shape index (κ1) is 16.5. The quantitative estimate of drug-likeness (QED) is 0.856. The van der Waals surface area contributed by atoms with Gasteiger partial charge in [0.15, 0.2) is 5.13 Å². The molecule has 0 saturated carbocycles. The Morgan fingerprint density at radius 2 is 2.18 bits per heavy atom. The summed E-state index contributed by atoms with van der Waals surface area (Å²) < 4.78 is 4.98. The predicted octanol–water partition coefficient (Wildman–Crippen LogP) is 1.46. The summed E-state index contributed by atoms with van der Waals surface area (Å²) in [6.45, 7) is 3.41. The lowest BCUT2D eigenvalue weighted by molar-refractivity contribution is -0.121. The van der Waals surface area contributed by atoms with Gasteiger partial charge in [-0.2, -0.15) is 0 Å². The van der Waals surface area contributed by atoms with Gasteiger partial charge in [0.2, 0.25) is 5.91 Å². The van der Waals surface area contributed by atoms with Crippen LogP contribution in [0.15, 0.2) is 5.38 Å². The van der Waals surface area contributed by atoms with Gasteiger partial charge < -0.3 is 20.3 Å². The average molecular weight is 326 g/mol. The van der Waals surface area contributed by atoms with Gasteiger partial charge in [0.25, 0.3) is 0 Å². The van der Waals surface area contributed by atoms with Crippen LogP contribution in [0.5, 0.6) is 0 Å². The first-order chi connectivity index (χ1) is 10.6. The van der Waals surface area contributed by atoms with E-state index in [1.54, 1.807) is 18.9 Å². The molecule has 122 valence electrons. The molecule has 2 rings (SSSR count). The molecule has 0 aromatic carbocycles. The van der Waals surface area contributed by atoms with Gasteiger partial charge in [0.1, 0.15) is 0 Å². The molecule has 1 aromatic rings. The predicted molar refractivity (Wildman–Crippen MR) is 85.1 cm³/mol. The molecule has 1 aliphatic heterocycles. The molecule has 0 unspecified atom stereocenters. The molecule has 2 amide bonds. The van der Waals surface area contributed by atoms with E-state index < -0.39 is 0 Å². The molecule has 0 spiro atoms. The molecule has 0 radical (unpaired) electrons. The molecule has 0 atom stereocenters. The number of aromatic nitrogens is 1. The number of hydrogen-bond donors (Lipinski definition) is 2. The van der Waals surface area contributed by atoms with Crippen LogP contribution in [0.25, 0.3) is 0 Å². The number of likely N-dealkylation sites (tertiary alicyclic amines) is 1. The lowest BCUT2D eigenvalue weighted by atomic mass is 10.1. The first-order valence-corrected chi connectivity index (χ1v) is 8.33. The van der Waals surface area contributed by atoms with E-state index in [9.17, 15) is 9.59 Å². The summed E-state index contributed by atoms with van der Waals surface area (Å²) in [7, 11) is 1.81. The highest BCUT2D eigenvalue weighted by Crippen LogP contribution is 2.15. The summed E-state index contributed by atoms with van der Waals surface area (Å²) >= 11 is 1.49. The number of piperidine rings is 1.